The average Bonchev–Trinajstić information content (AvgIpc) is 2.48. The van der Waals surface area contributed by atoms with Gasteiger partial charge in [0.2, 0.25) is 0 Å². The molecule has 0 saturated carbocycles. The zero-order valence-corrected chi connectivity index (χ0v) is 13.3. The maximum atomic E-state index is 12.7. The number of hydrogen-bond acceptors (Lipinski definition) is 2. The fraction of sp³-hybridized carbons (Fsp3) is 0.188. The Kier molecular flexibility index (Phi) is 4.99. The number of benzene rings is 2. The minimum atomic E-state index is -4.41. The number of carboxylic acids is 1. The summed E-state index contributed by atoms with van der Waals surface area (Å²) in [6.07, 6.45) is -3.95. The number of rotatable bonds is 4. The van der Waals surface area contributed by atoms with Crippen molar-refractivity contribution in [1.82, 2.24) is 0 Å². The van der Waals surface area contributed by atoms with E-state index in [1.54, 1.807) is 6.07 Å². The SMILES string of the molecule is O=C(O)c1cc(Br)c(O)c(CCc2cccc(C(F)(F)F)c2)c1. The maximum Gasteiger partial charge on any atom is 0.416 e. The molecule has 3 nitrogen and oxygen atoms in total. The maximum absolute atomic E-state index is 12.7. The van der Waals surface area contributed by atoms with Crippen LogP contribution in [0.3, 0.4) is 0 Å². The van der Waals surface area contributed by atoms with E-state index in [1.807, 2.05) is 0 Å². The van der Waals surface area contributed by atoms with Gasteiger partial charge in [-0.25, -0.2) is 4.79 Å². The van der Waals surface area contributed by atoms with Gasteiger partial charge in [-0.3, -0.25) is 0 Å². The van der Waals surface area contributed by atoms with Crippen molar-refractivity contribution < 1.29 is 28.2 Å². The first-order valence-corrected chi connectivity index (χ1v) is 7.38. The van der Waals surface area contributed by atoms with Crippen LogP contribution in [0, 0.1) is 0 Å². The van der Waals surface area contributed by atoms with Crippen molar-refractivity contribution in [3.05, 3.63) is 63.1 Å². The van der Waals surface area contributed by atoms with Crippen LogP contribution >= 0.6 is 15.9 Å². The Balaban J connectivity index is 2.23. The highest BCUT2D eigenvalue weighted by Crippen LogP contribution is 2.32. The van der Waals surface area contributed by atoms with Gasteiger partial charge in [-0.15, -0.1) is 0 Å². The zero-order valence-electron chi connectivity index (χ0n) is 11.7. The highest BCUT2D eigenvalue weighted by atomic mass is 79.9. The number of carbonyl (C=O) groups is 1. The predicted octanol–water partition coefficient (Wildman–Crippen LogP) is 4.66. The Morgan fingerprint density at radius 1 is 1.13 bits per heavy atom. The molecule has 0 unspecified atom stereocenters. The summed E-state index contributed by atoms with van der Waals surface area (Å²) in [4.78, 5) is 11.0. The number of aromatic hydroxyl groups is 1. The van der Waals surface area contributed by atoms with Crippen LogP contribution < -0.4 is 0 Å². The second-order valence-electron chi connectivity index (χ2n) is 4.97. The van der Waals surface area contributed by atoms with Gasteiger partial charge in [0, 0.05) is 0 Å². The molecular formula is C16H12BrF3O3. The number of carboxylic acid groups (broad SMARTS) is 1. The molecule has 0 bridgehead atoms. The Morgan fingerprint density at radius 2 is 1.83 bits per heavy atom. The molecule has 0 heterocycles. The van der Waals surface area contributed by atoms with Gasteiger partial charge in [-0.1, -0.05) is 18.2 Å². The number of halogens is 4. The van der Waals surface area contributed by atoms with E-state index in [9.17, 15) is 23.1 Å². The lowest BCUT2D eigenvalue weighted by atomic mass is 10.0. The molecule has 0 fully saturated rings. The topological polar surface area (TPSA) is 57.5 Å². The minimum Gasteiger partial charge on any atom is -0.506 e. The van der Waals surface area contributed by atoms with Gasteiger partial charge < -0.3 is 10.2 Å². The summed E-state index contributed by atoms with van der Waals surface area (Å²) >= 11 is 3.07. The number of aromatic carboxylic acids is 1. The lowest BCUT2D eigenvalue weighted by Gasteiger charge is -2.10. The summed E-state index contributed by atoms with van der Waals surface area (Å²) in [5.41, 5.74) is 0.0682. The van der Waals surface area contributed by atoms with Crippen molar-refractivity contribution in [3.63, 3.8) is 0 Å². The third-order valence-electron chi connectivity index (χ3n) is 3.33. The Morgan fingerprint density at radius 3 is 2.43 bits per heavy atom. The highest BCUT2D eigenvalue weighted by Gasteiger charge is 2.30. The van der Waals surface area contributed by atoms with E-state index in [1.165, 1.54) is 18.2 Å². The van der Waals surface area contributed by atoms with E-state index < -0.39 is 17.7 Å². The number of hydrogen-bond donors (Lipinski definition) is 2. The first kappa shape index (κ1) is 17.3. The fourth-order valence-electron chi connectivity index (χ4n) is 2.15. The van der Waals surface area contributed by atoms with E-state index >= 15 is 0 Å². The first-order valence-electron chi connectivity index (χ1n) is 6.59. The van der Waals surface area contributed by atoms with Crippen LogP contribution in [-0.2, 0) is 19.0 Å². The smallest absolute Gasteiger partial charge is 0.416 e. The molecule has 122 valence electrons. The van der Waals surface area contributed by atoms with E-state index in [0.717, 1.165) is 12.1 Å². The summed E-state index contributed by atoms with van der Waals surface area (Å²) in [7, 11) is 0. The molecule has 0 amide bonds. The Bertz CT molecular complexity index is 742. The van der Waals surface area contributed by atoms with Crippen molar-refractivity contribution in [1.29, 1.82) is 0 Å². The van der Waals surface area contributed by atoms with Crippen LogP contribution in [0.25, 0.3) is 0 Å². The quantitative estimate of drug-likeness (QED) is 0.800. The zero-order chi connectivity index (χ0) is 17.2. The van der Waals surface area contributed by atoms with Gasteiger partial charge in [0.15, 0.2) is 0 Å². The Hall–Kier alpha value is -2.02. The number of aryl methyl sites for hydroxylation is 2. The molecule has 2 aromatic rings. The molecule has 0 aliphatic rings. The summed E-state index contributed by atoms with van der Waals surface area (Å²) in [5.74, 6) is -1.26. The standard InChI is InChI=1S/C16H12BrF3O3/c17-13-8-11(15(22)23)7-10(14(13)21)5-4-9-2-1-3-12(6-9)16(18,19)20/h1-3,6-8,21H,4-5H2,(H,22,23). The van der Waals surface area contributed by atoms with Gasteiger partial charge in [0.1, 0.15) is 5.75 Å². The van der Waals surface area contributed by atoms with Crippen molar-refractivity contribution in [2.75, 3.05) is 0 Å². The van der Waals surface area contributed by atoms with Crippen LogP contribution in [-0.4, -0.2) is 16.2 Å². The van der Waals surface area contributed by atoms with Gasteiger partial charge in [-0.05, 0) is 58.1 Å². The highest BCUT2D eigenvalue weighted by molar-refractivity contribution is 9.10. The molecule has 0 spiro atoms. The molecule has 0 atom stereocenters. The molecule has 0 aromatic heterocycles. The normalized spacial score (nSPS) is 11.5. The van der Waals surface area contributed by atoms with Crippen molar-refractivity contribution in [2.24, 2.45) is 0 Å². The summed E-state index contributed by atoms with van der Waals surface area (Å²) in [5, 5.41) is 19.0. The molecule has 23 heavy (non-hydrogen) atoms. The van der Waals surface area contributed by atoms with Gasteiger partial charge in [0.05, 0.1) is 15.6 Å². The van der Waals surface area contributed by atoms with Crippen LogP contribution in [0.4, 0.5) is 13.2 Å². The van der Waals surface area contributed by atoms with E-state index in [0.29, 0.717) is 11.1 Å². The van der Waals surface area contributed by atoms with Gasteiger partial charge >= 0.3 is 12.1 Å². The minimum absolute atomic E-state index is 0.00582. The van der Waals surface area contributed by atoms with E-state index in [-0.39, 0.29) is 28.6 Å². The third-order valence-corrected chi connectivity index (χ3v) is 3.93. The van der Waals surface area contributed by atoms with Crippen LogP contribution in [0.2, 0.25) is 0 Å². The summed E-state index contributed by atoms with van der Waals surface area (Å²) in [6.45, 7) is 0. The monoisotopic (exact) mass is 388 g/mol. The van der Waals surface area contributed by atoms with Crippen LogP contribution in [0.5, 0.6) is 5.75 Å². The largest absolute Gasteiger partial charge is 0.506 e. The predicted molar refractivity (Wildman–Crippen MR) is 81.6 cm³/mol. The lowest BCUT2D eigenvalue weighted by Crippen LogP contribution is -2.05. The molecule has 0 radical (unpaired) electrons. The second-order valence-corrected chi connectivity index (χ2v) is 5.82. The molecule has 7 heteroatoms. The Labute approximate surface area is 138 Å². The molecule has 2 N–H and O–H groups in total. The first-order chi connectivity index (χ1) is 10.7. The molecular weight excluding hydrogens is 377 g/mol. The van der Waals surface area contributed by atoms with Crippen LogP contribution in [0.15, 0.2) is 40.9 Å². The molecule has 0 aliphatic carbocycles. The van der Waals surface area contributed by atoms with Crippen molar-refractivity contribution >= 4 is 21.9 Å². The van der Waals surface area contributed by atoms with Crippen LogP contribution in [0.1, 0.15) is 27.0 Å². The third kappa shape index (κ3) is 4.25. The fourth-order valence-corrected chi connectivity index (χ4v) is 2.65. The summed E-state index contributed by atoms with van der Waals surface area (Å²) < 4.78 is 38.3. The average molecular weight is 389 g/mol. The summed E-state index contributed by atoms with van der Waals surface area (Å²) in [6, 6.07) is 7.50. The molecule has 2 aromatic carbocycles. The lowest BCUT2D eigenvalue weighted by molar-refractivity contribution is -0.137. The van der Waals surface area contributed by atoms with E-state index in [2.05, 4.69) is 15.9 Å². The van der Waals surface area contributed by atoms with E-state index in [4.69, 9.17) is 5.11 Å². The number of alkyl halides is 3. The van der Waals surface area contributed by atoms with Crippen molar-refractivity contribution in [3.8, 4) is 5.75 Å². The molecule has 0 saturated heterocycles. The molecule has 2 rings (SSSR count). The van der Waals surface area contributed by atoms with Gasteiger partial charge in [-0.2, -0.15) is 13.2 Å². The second kappa shape index (κ2) is 6.62. The molecule has 0 aliphatic heterocycles. The van der Waals surface area contributed by atoms with Gasteiger partial charge in [0.25, 0.3) is 0 Å². The number of phenols is 1. The van der Waals surface area contributed by atoms with Crippen molar-refractivity contribution in [2.45, 2.75) is 19.0 Å². The number of phenolic OH excluding ortho intramolecular Hbond substituents is 1.